The smallest absolute Gasteiger partial charge is 0.271 e. The van der Waals surface area contributed by atoms with Crippen molar-refractivity contribution >= 4 is 23.7 Å². The number of rotatable bonds is 5. The van der Waals surface area contributed by atoms with E-state index in [1.807, 2.05) is 56.3 Å². The van der Waals surface area contributed by atoms with Gasteiger partial charge < -0.3 is 5.32 Å². The molecule has 3 rings (SSSR count). The van der Waals surface area contributed by atoms with E-state index in [1.54, 1.807) is 36.5 Å². The summed E-state index contributed by atoms with van der Waals surface area (Å²) in [4.78, 5) is 24.5. The lowest BCUT2D eigenvalue weighted by Gasteiger charge is -2.07. The minimum atomic E-state index is -0.318. The summed E-state index contributed by atoms with van der Waals surface area (Å²) >= 11 is 0. The van der Waals surface area contributed by atoms with Gasteiger partial charge in [-0.3, -0.25) is 9.59 Å². The molecular weight excluding hydrogens is 350 g/mol. The van der Waals surface area contributed by atoms with Crippen LogP contribution >= 0.6 is 0 Å². The van der Waals surface area contributed by atoms with Gasteiger partial charge in [-0.05, 0) is 61.4 Å². The molecule has 2 N–H and O–H groups in total. The van der Waals surface area contributed by atoms with Crippen LogP contribution in [0.2, 0.25) is 0 Å². The van der Waals surface area contributed by atoms with Crippen molar-refractivity contribution in [2.75, 3.05) is 5.32 Å². The second-order valence-corrected chi connectivity index (χ2v) is 6.46. The quantitative estimate of drug-likeness (QED) is 0.518. The number of hydrogen-bond acceptors (Lipinski definition) is 3. The molecule has 0 saturated carbocycles. The highest BCUT2D eigenvalue weighted by molar-refractivity contribution is 6.04. The summed E-state index contributed by atoms with van der Waals surface area (Å²) in [5.74, 6) is -0.509. The Bertz CT molecular complexity index is 1020. The first-order valence-electron chi connectivity index (χ1n) is 8.90. The number of anilines is 1. The zero-order chi connectivity index (χ0) is 19.9. The van der Waals surface area contributed by atoms with E-state index >= 15 is 0 Å². The van der Waals surface area contributed by atoms with E-state index in [1.165, 1.54) is 0 Å². The molecule has 0 bridgehead atoms. The number of nitrogens with zero attached hydrogens (tertiary/aromatic N) is 1. The third kappa shape index (κ3) is 4.92. The highest BCUT2D eigenvalue weighted by Gasteiger charge is 2.08. The molecule has 140 valence electrons. The maximum atomic E-state index is 12.3. The summed E-state index contributed by atoms with van der Waals surface area (Å²) < 4.78 is 0. The van der Waals surface area contributed by atoms with Gasteiger partial charge in [0.2, 0.25) is 0 Å². The molecule has 5 heteroatoms. The Morgan fingerprint density at radius 3 is 2.29 bits per heavy atom. The van der Waals surface area contributed by atoms with Crippen LogP contribution in [0.25, 0.3) is 0 Å². The SMILES string of the molecule is Cc1cccc(C(=O)Nc2ccc(C(=O)NN=Cc3ccccc3C)cc2)c1. The van der Waals surface area contributed by atoms with Gasteiger partial charge in [0.25, 0.3) is 11.8 Å². The van der Waals surface area contributed by atoms with Gasteiger partial charge in [0, 0.05) is 16.8 Å². The van der Waals surface area contributed by atoms with Crippen LogP contribution in [0.3, 0.4) is 0 Å². The number of hydrazone groups is 1. The number of amides is 2. The third-order valence-corrected chi connectivity index (χ3v) is 4.24. The van der Waals surface area contributed by atoms with Crippen molar-refractivity contribution in [3.63, 3.8) is 0 Å². The van der Waals surface area contributed by atoms with E-state index in [0.29, 0.717) is 16.8 Å². The summed E-state index contributed by atoms with van der Waals surface area (Å²) in [6.45, 7) is 3.92. The van der Waals surface area contributed by atoms with Crippen molar-refractivity contribution in [1.82, 2.24) is 5.43 Å². The average Bonchev–Trinajstić information content (AvgIpc) is 2.70. The zero-order valence-electron chi connectivity index (χ0n) is 15.8. The second kappa shape index (κ2) is 8.77. The van der Waals surface area contributed by atoms with Gasteiger partial charge in [0.1, 0.15) is 0 Å². The van der Waals surface area contributed by atoms with E-state index in [-0.39, 0.29) is 11.8 Å². The summed E-state index contributed by atoms with van der Waals surface area (Å²) in [5.41, 5.74) is 7.21. The van der Waals surface area contributed by atoms with E-state index in [0.717, 1.165) is 16.7 Å². The van der Waals surface area contributed by atoms with Crippen LogP contribution in [0.5, 0.6) is 0 Å². The number of nitrogens with one attached hydrogen (secondary N) is 2. The Morgan fingerprint density at radius 2 is 1.57 bits per heavy atom. The molecule has 5 nitrogen and oxygen atoms in total. The van der Waals surface area contributed by atoms with Crippen LogP contribution < -0.4 is 10.7 Å². The van der Waals surface area contributed by atoms with Crippen LogP contribution in [0.4, 0.5) is 5.69 Å². The molecule has 0 aliphatic rings. The molecular formula is C23H21N3O2. The van der Waals surface area contributed by atoms with Gasteiger partial charge in [-0.2, -0.15) is 5.10 Å². The number of hydrogen-bond donors (Lipinski definition) is 2. The van der Waals surface area contributed by atoms with E-state index in [9.17, 15) is 9.59 Å². The highest BCUT2D eigenvalue weighted by Crippen LogP contribution is 2.12. The number of carbonyl (C=O) groups excluding carboxylic acids is 2. The fraction of sp³-hybridized carbons (Fsp3) is 0.0870. The van der Waals surface area contributed by atoms with Crippen LogP contribution in [0.1, 0.15) is 37.4 Å². The lowest BCUT2D eigenvalue weighted by atomic mass is 10.1. The van der Waals surface area contributed by atoms with Crippen molar-refractivity contribution in [1.29, 1.82) is 0 Å². The summed E-state index contributed by atoms with van der Waals surface area (Å²) in [6, 6.07) is 21.8. The first kappa shape index (κ1) is 19.0. The molecule has 0 unspecified atom stereocenters. The van der Waals surface area contributed by atoms with Crippen LogP contribution in [0, 0.1) is 13.8 Å². The minimum absolute atomic E-state index is 0.191. The van der Waals surface area contributed by atoms with Crippen molar-refractivity contribution in [3.8, 4) is 0 Å². The maximum Gasteiger partial charge on any atom is 0.271 e. The zero-order valence-corrected chi connectivity index (χ0v) is 15.8. The molecule has 0 fully saturated rings. The molecule has 3 aromatic rings. The Morgan fingerprint density at radius 1 is 0.821 bits per heavy atom. The van der Waals surface area contributed by atoms with Crippen molar-refractivity contribution in [2.45, 2.75) is 13.8 Å². The van der Waals surface area contributed by atoms with Gasteiger partial charge in [0.05, 0.1) is 6.21 Å². The van der Waals surface area contributed by atoms with Crippen LogP contribution in [-0.2, 0) is 0 Å². The number of carbonyl (C=O) groups is 2. The predicted octanol–water partition coefficient (Wildman–Crippen LogP) is 4.32. The molecule has 0 atom stereocenters. The van der Waals surface area contributed by atoms with Gasteiger partial charge in [-0.1, -0.05) is 42.0 Å². The summed E-state index contributed by atoms with van der Waals surface area (Å²) in [5, 5.41) is 6.83. The number of benzene rings is 3. The standard InChI is InChI=1S/C23H21N3O2/c1-16-6-5-9-19(14-16)22(27)25-21-12-10-18(11-13-21)23(28)26-24-15-20-8-4-3-7-17(20)2/h3-15H,1-2H3,(H,25,27)(H,26,28). The lowest BCUT2D eigenvalue weighted by Crippen LogP contribution is -2.18. The topological polar surface area (TPSA) is 70.6 Å². The molecule has 0 heterocycles. The van der Waals surface area contributed by atoms with Crippen molar-refractivity contribution in [3.05, 3.63) is 101 Å². The van der Waals surface area contributed by atoms with Gasteiger partial charge in [-0.25, -0.2) is 5.43 Å². The summed E-state index contributed by atoms with van der Waals surface area (Å²) in [7, 11) is 0. The van der Waals surface area contributed by atoms with Crippen molar-refractivity contribution < 1.29 is 9.59 Å². The maximum absolute atomic E-state index is 12.3. The molecule has 0 aliphatic carbocycles. The molecule has 28 heavy (non-hydrogen) atoms. The largest absolute Gasteiger partial charge is 0.322 e. The molecule has 0 aliphatic heterocycles. The fourth-order valence-corrected chi connectivity index (χ4v) is 2.65. The second-order valence-electron chi connectivity index (χ2n) is 6.46. The normalized spacial score (nSPS) is 10.6. The fourth-order valence-electron chi connectivity index (χ4n) is 2.65. The van der Waals surface area contributed by atoms with E-state index < -0.39 is 0 Å². The Labute approximate surface area is 164 Å². The van der Waals surface area contributed by atoms with Gasteiger partial charge in [0.15, 0.2) is 0 Å². The molecule has 0 saturated heterocycles. The molecule has 0 radical (unpaired) electrons. The molecule has 3 aromatic carbocycles. The van der Waals surface area contributed by atoms with Gasteiger partial charge in [-0.15, -0.1) is 0 Å². The Kier molecular flexibility index (Phi) is 5.97. The predicted molar refractivity (Wildman–Crippen MR) is 112 cm³/mol. The average molecular weight is 371 g/mol. The highest BCUT2D eigenvalue weighted by atomic mass is 16.2. The monoisotopic (exact) mass is 371 g/mol. The molecule has 0 spiro atoms. The lowest BCUT2D eigenvalue weighted by molar-refractivity contribution is 0.0954. The van der Waals surface area contributed by atoms with E-state index in [4.69, 9.17) is 0 Å². The Balaban J connectivity index is 1.60. The minimum Gasteiger partial charge on any atom is -0.322 e. The first-order valence-corrected chi connectivity index (χ1v) is 8.90. The van der Waals surface area contributed by atoms with E-state index in [2.05, 4.69) is 15.8 Å². The third-order valence-electron chi connectivity index (χ3n) is 4.24. The molecule has 0 aromatic heterocycles. The van der Waals surface area contributed by atoms with Gasteiger partial charge >= 0.3 is 0 Å². The number of aryl methyl sites for hydroxylation is 2. The van der Waals surface area contributed by atoms with Crippen molar-refractivity contribution in [2.24, 2.45) is 5.10 Å². The molecule has 2 amide bonds. The summed E-state index contributed by atoms with van der Waals surface area (Å²) in [6.07, 6.45) is 1.61. The van der Waals surface area contributed by atoms with Crippen LogP contribution in [0.15, 0.2) is 77.9 Å². The Hall–Kier alpha value is -3.73. The first-order chi connectivity index (χ1) is 13.5. The van der Waals surface area contributed by atoms with Crippen LogP contribution in [-0.4, -0.2) is 18.0 Å².